The summed E-state index contributed by atoms with van der Waals surface area (Å²) in [5.74, 6) is 1.04. The van der Waals surface area contributed by atoms with Crippen LogP contribution in [0.15, 0.2) is 30.4 Å². The van der Waals surface area contributed by atoms with Crippen molar-refractivity contribution in [3.63, 3.8) is 0 Å². The summed E-state index contributed by atoms with van der Waals surface area (Å²) >= 11 is 0. The molecule has 0 aromatic carbocycles. The second kappa shape index (κ2) is 6.07. The SMILES string of the molecule is C=C(C)C(=O)N(C)C1CCCN(c2cccc(C)n2)C1. The first-order valence-electron chi connectivity index (χ1n) is 7.10. The molecule has 0 spiro atoms. The minimum absolute atomic E-state index is 0.0362. The first kappa shape index (κ1) is 14.6. The Morgan fingerprint density at radius 3 is 2.90 bits per heavy atom. The van der Waals surface area contributed by atoms with Gasteiger partial charge in [0.2, 0.25) is 5.91 Å². The van der Waals surface area contributed by atoms with Gasteiger partial charge in [0.15, 0.2) is 0 Å². The largest absolute Gasteiger partial charge is 0.355 e. The lowest BCUT2D eigenvalue weighted by atomic mass is 10.0. The molecule has 2 heterocycles. The Balaban J connectivity index is 2.09. The van der Waals surface area contributed by atoms with Crippen LogP contribution < -0.4 is 4.90 Å². The van der Waals surface area contributed by atoms with Gasteiger partial charge in [0.1, 0.15) is 5.82 Å². The standard InChI is InChI=1S/C16H23N3O/c1-12(2)16(20)18(4)14-8-6-10-19(11-14)15-9-5-7-13(3)17-15/h5,7,9,14H,1,6,8,10-11H2,2-4H3. The summed E-state index contributed by atoms with van der Waals surface area (Å²) in [6.45, 7) is 9.35. The summed E-state index contributed by atoms with van der Waals surface area (Å²) < 4.78 is 0. The van der Waals surface area contributed by atoms with E-state index in [4.69, 9.17) is 0 Å². The monoisotopic (exact) mass is 273 g/mol. The Kier molecular flexibility index (Phi) is 4.42. The highest BCUT2D eigenvalue weighted by molar-refractivity contribution is 5.92. The maximum absolute atomic E-state index is 12.0. The molecule has 1 saturated heterocycles. The molecule has 20 heavy (non-hydrogen) atoms. The zero-order valence-electron chi connectivity index (χ0n) is 12.6. The summed E-state index contributed by atoms with van der Waals surface area (Å²) in [5, 5.41) is 0. The van der Waals surface area contributed by atoms with E-state index in [-0.39, 0.29) is 11.9 Å². The van der Waals surface area contributed by atoms with Gasteiger partial charge in [-0.15, -0.1) is 0 Å². The number of aromatic nitrogens is 1. The normalized spacial score (nSPS) is 18.8. The molecule has 1 fully saturated rings. The van der Waals surface area contributed by atoms with Crippen LogP contribution in [-0.2, 0) is 4.79 Å². The van der Waals surface area contributed by atoms with E-state index >= 15 is 0 Å². The summed E-state index contributed by atoms with van der Waals surface area (Å²) in [5.41, 5.74) is 1.62. The van der Waals surface area contributed by atoms with Crippen molar-refractivity contribution in [3.05, 3.63) is 36.0 Å². The van der Waals surface area contributed by atoms with Gasteiger partial charge < -0.3 is 9.80 Å². The number of hydrogen-bond donors (Lipinski definition) is 0. The number of aryl methyl sites for hydroxylation is 1. The second-order valence-corrected chi connectivity index (χ2v) is 5.58. The van der Waals surface area contributed by atoms with Crippen LogP contribution >= 0.6 is 0 Å². The van der Waals surface area contributed by atoms with Crippen molar-refractivity contribution >= 4 is 11.7 Å². The molecule has 0 N–H and O–H groups in total. The van der Waals surface area contributed by atoms with E-state index in [1.807, 2.05) is 37.1 Å². The molecule has 1 aliphatic rings. The average molecular weight is 273 g/mol. The molecule has 4 heteroatoms. The van der Waals surface area contributed by atoms with Crippen LogP contribution in [0.1, 0.15) is 25.5 Å². The fourth-order valence-corrected chi connectivity index (χ4v) is 2.65. The highest BCUT2D eigenvalue weighted by atomic mass is 16.2. The average Bonchev–Trinajstić information content (AvgIpc) is 2.45. The first-order chi connectivity index (χ1) is 9.49. The Bertz CT molecular complexity index is 512. The quantitative estimate of drug-likeness (QED) is 0.793. The fourth-order valence-electron chi connectivity index (χ4n) is 2.65. The van der Waals surface area contributed by atoms with Crippen LogP contribution in [0.2, 0.25) is 0 Å². The van der Waals surface area contributed by atoms with Crippen LogP contribution in [0, 0.1) is 6.92 Å². The third-order valence-corrected chi connectivity index (χ3v) is 3.83. The van der Waals surface area contributed by atoms with E-state index in [9.17, 15) is 4.79 Å². The van der Waals surface area contributed by atoms with Gasteiger partial charge in [0.05, 0.1) is 0 Å². The van der Waals surface area contributed by atoms with Gasteiger partial charge in [-0.1, -0.05) is 12.6 Å². The van der Waals surface area contributed by atoms with Gasteiger partial charge >= 0.3 is 0 Å². The molecule has 1 aliphatic heterocycles. The van der Waals surface area contributed by atoms with Crippen molar-refractivity contribution in [1.29, 1.82) is 0 Å². The van der Waals surface area contributed by atoms with E-state index in [0.29, 0.717) is 5.57 Å². The third-order valence-electron chi connectivity index (χ3n) is 3.83. The molecular weight excluding hydrogens is 250 g/mol. The molecule has 4 nitrogen and oxygen atoms in total. The van der Waals surface area contributed by atoms with Crippen molar-refractivity contribution < 1.29 is 4.79 Å². The van der Waals surface area contributed by atoms with Crippen molar-refractivity contribution in [2.75, 3.05) is 25.0 Å². The van der Waals surface area contributed by atoms with E-state index in [1.165, 1.54) is 0 Å². The Hall–Kier alpha value is -1.84. The van der Waals surface area contributed by atoms with Crippen LogP contribution in [0.3, 0.4) is 0 Å². The number of anilines is 1. The van der Waals surface area contributed by atoms with Gasteiger partial charge in [-0.05, 0) is 38.8 Å². The number of amides is 1. The Labute approximate surface area is 121 Å². The van der Waals surface area contributed by atoms with Gasteiger partial charge in [-0.2, -0.15) is 0 Å². The van der Waals surface area contributed by atoms with Crippen LogP contribution in [0.5, 0.6) is 0 Å². The summed E-state index contributed by atoms with van der Waals surface area (Å²) in [4.78, 5) is 20.7. The molecule has 108 valence electrons. The van der Waals surface area contributed by atoms with Gasteiger partial charge in [0, 0.05) is 37.4 Å². The zero-order valence-corrected chi connectivity index (χ0v) is 12.6. The van der Waals surface area contributed by atoms with E-state index < -0.39 is 0 Å². The first-order valence-corrected chi connectivity index (χ1v) is 7.10. The number of hydrogen-bond acceptors (Lipinski definition) is 3. The number of likely N-dealkylation sites (N-methyl/N-ethyl adjacent to an activating group) is 1. The maximum atomic E-state index is 12.0. The molecule has 1 atom stereocenters. The lowest BCUT2D eigenvalue weighted by molar-refractivity contribution is -0.127. The third kappa shape index (κ3) is 3.18. The van der Waals surface area contributed by atoms with Gasteiger partial charge in [0.25, 0.3) is 0 Å². The number of piperidine rings is 1. The summed E-state index contributed by atoms with van der Waals surface area (Å²) in [6, 6.07) is 6.30. The van der Waals surface area contributed by atoms with E-state index in [0.717, 1.165) is 37.4 Å². The molecule has 0 bridgehead atoms. The Morgan fingerprint density at radius 2 is 2.25 bits per heavy atom. The summed E-state index contributed by atoms with van der Waals surface area (Å²) in [6.07, 6.45) is 2.12. The fraction of sp³-hybridized carbons (Fsp3) is 0.500. The molecule has 1 aromatic heterocycles. The number of nitrogens with zero attached hydrogens (tertiary/aromatic N) is 3. The van der Waals surface area contributed by atoms with E-state index in [2.05, 4.69) is 16.5 Å². The van der Waals surface area contributed by atoms with E-state index in [1.54, 1.807) is 6.92 Å². The van der Waals surface area contributed by atoms with Crippen LogP contribution in [0.4, 0.5) is 5.82 Å². The Morgan fingerprint density at radius 1 is 1.50 bits per heavy atom. The molecular formula is C16H23N3O. The highest BCUT2D eigenvalue weighted by Gasteiger charge is 2.26. The zero-order chi connectivity index (χ0) is 14.7. The number of carbonyl (C=O) groups is 1. The number of rotatable bonds is 3. The van der Waals surface area contributed by atoms with Crippen molar-refractivity contribution in [1.82, 2.24) is 9.88 Å². The molecule has 1 aromatic rings. The van der Waals surface area contributed by atoms with Crippen molar-refractivity contribution in [3.8, 4) is 0 Å². The van der Waals surface area contributed by atoms with Crippen molar-refractivity contribution in [2.45, 2.75) is 32.7 Å². The lowest BCUT2D eigenvalue weighted by Gasteiger charge is -2.38. The lowest BCUT2D eigenvalue weighted by Crippen LogP contribution is -2.49. The van der Waals surface area contributed by atoms with Gasteiger partial charge in [-0.3, -0.25) is 4.79 Å². The minimum Gasteiger partial charge on any atom is -0.355 e. The van der Waals surface area contributed by atoms with Gasteiger partial charge in [-0.25, -0.2) is 4.98 Å². The molecule has 0 saturated carbocycles. The predicted molar refractivity (Wildman–Crippen MR) is 81.8 cm³/mol. The molecule has 2 rings (SSSR count). The van der Waals surface area contributed by atoms with Crippen molar-refractivity contribution in [2.24, 2.45) is 0 Å². The van der Waals surface area contributed by atoms with Crippen LogP contribution in [0.25, 0.3) is 0 Å². The number of carbonyl (C=O) groups excluding carboxylic acids is 1. The molecule has 1 unspecified atom stereocenters. The molecule has 1 amide bonds. The second-order valence-electron chi connectivity index (χ2n) is 5.58. The summed E-state index contributed by atoms with van der Waals surface area (Å²) in [7, 11) is 1.87. The maximum Gasteiger partial charge on any atom is 0.248 e. The smallest absolute Gasteiger partial charge is 0.248 e. The minimum atomic E-state index is 0.0362. The molecule has 0 radical (unpaired) electrons. The predicted octanol–water partition coefficient (Wildman–Crippen LogP) is 2.39. The topological polar surface area (TPSA) is 36.4 Å². The number of pyridine rings is 1. The van der Waals surface area contributed by atoms with Crippen LogP contribution in [-0.4, -0.2) is 42.0 Å². The highest BCUT2D eigenvalue weighted by Crippen LogP contribution is 2.21. The molecule has 0 aliphatic carbocycles.